The van der Waals surface area contributed by atoms with Gasteiger partial charge in [0.05, 0.1) is 33.1 Å². The molecule has 0 aromatic heterocycles. The molecule has 0 aliphatic rings. The summed E-state index contributed by atoms with van der Waals surface area (Å²) in [6, 6.07) is 7.59. The van der Waals surface area contributed by atoms with Crippen molar-refractivity contribution in [1.29, 1.82) is 0 Å². The summed E-state index contributed by atoms with van der Waals surface area (Å²) in [4.78, 5) is 17.6. The summed E-state index contributed by atoms with van der Waals surface area (Å²) in [5.74, 6) is -1.29. The van der Waals surface area contributed by atoms with Crippen LogP contribution in [0.4, 0.5) is 15.8 Å². The van der Waals surface area contributed by atoms with E-state index in [4.69, 9.17) is 33.1 Å². The van der Waals surface area contributed by atoms with Crippen LogP contribution >= 0.6 is 45.8 Å². The highest BCUT2D eigenvalue weighted by atomic mass is 127. The number of hydrogen-bond donors (Lipinski definition) is 3. The molecule has 2 rings (SSSR count). The lowest BCUT2D eigenvalue weighted by molar-refractivity contribution is -0.0167. The van der Waals surface area contributed by atoms with Gasteiger partial charge in [-0.15, -0.1) is 0 Å². The highest BCUT2D eigenvalue weighted by Gasteiger charge is 2.17. The summed E-state index contributed by atoms with van der Waals surface area (Å²) in [5.41, 5.74) is 3.06. The molecular weight excluding hydrogens is 497 g/mol. The van der Waals surface area contributed by atoms with Crippen LogP contribution in [0.25, 0.3) is 0 Å². The number of anilines is 2. The maximum atomic E-state index is 13.9. The highest BCUT2D eigenvalue weighted by molar-refractivity contribution is 14.1. The highest BCUT2D eigenvalue weighted by Crippen LogP contribution is 2.31. The molecular formula is C17H16Cl2FIN2O3. The first-order valence-electron chi connectivity index (χ1n) is 7.59. The van der Waals surface area contributed by atoms with Gasteiger partial charge in [0.15, 0.2) is 0 Å². The molecule has 0 bridgehead atoms. The molecule has 26 heavy (non-hydrogen) atoms. The van der Waals surface area contributed by atoms with E-state index in [1.165, 1.54) is 6.07 Å². The number of aliphatic hydroxyl groups is 1. The maximum absolute atomic E-state index is 13.9. The average molecular weight is 513 g/mol. The van der Waals surface area contributed by atoms with Gasteiger partial charge in [0.25, 0.3) is 5.91 Å². The van der Waals surface area contributed by atoms with E-state index >= 15 is 0 Å². The van der Waals surface area contributed by atoms with Gasteiger partial charge in [0.1, 0.15) is 5.82 Å². The molecule has 0 radical (unpaired) electrons. The summed E-state index contributed by atoms with van der Waals surface area (Å²) in [7, 11) is 0. The summed E-state index contributed by atoms with van der Waals surface area (Å²) in [6.07, 6.45) is -0.0321. The average Bonchev–Trinajstić information content (AvgIpc) is 2.58. The second kappa shape index (κ2) is 9.70. The van der Waals surface area contributed by atoms with Crippen LogP contribution < -0.4 is 10.8 Å². The SMILES string of the molecule is CC(CCO)ONC(=O)c1cc(Cl)c(F)cc1Nc1ccc(I)cc1Cl. The molecule has 1 unspecified atom stereocenters. The number of nitrogens with one attached hydrogen (secondary N) is 2. The molecule has 2 aromatic carbocycles. The molecule has 1 amide bonds. The van der Waals surface area contributed by atoms with Crippen molar-refractivity contribution in [3.8, 4) is 0 Å². The van der Waals surface area contributed by atoms with E-state index in [1.807, 2.05) is 6.07 Å². The van der Waals surface area contributed by atoms with Gasteiger partial charge >= 0.3 is 0 Å². The molecule has 2 aromatic rings. The minimum atomic E-state index is -0.679. The van der Waals surface area contributed by atoms with Gasteiger partial charge in [0.2, 0.25) is 0 Å². The van der Waals surface area contributed by atoms with Crippen molar-refractivity contribution in [1.82, 2.24) is 5.48 Å². The fourth-order valence-corrected chi connectivity index (χ4v) is 3.09. The van der Waals surface area contributed by atoms with Crippen LogP contribution in [0.15, 0.2) is 30.3 Å². The summed E-state index contributed by atoms with van der Waals surface area (Å²) < 4.78 is 14.8. The second-order valence-electron chi connectivity index (χ2n) is 5.43. The summed E-state index contributed by atoms with van der Waals surface area (Å²) in [6.45, 7) is 1.62. The first-order chi connectivity index (χ1) is 12.3. The molecule has 0 fully saturated rings. The zero-order valence-electron chi connectivity index (χ0n) is 13.7. The fourth-order valence-electron chi connectivity index (χ4n) is 2.02. The fraction of sp³-hybridized carbons (Fsp3) is 0.235. The van der Waals surface area contributed by atoms with Crippen molar-refractivity contribution in [3.63, 3.8) is 0 Å². The number of benzene rings is 2. The Morgan fingerprint density at radius 1 is 1.27 bits per heavy atom. The van der Waals surface area contributed by atoms with E-state index in [9.17, 15) is 9.18 Å². The van der Waals surface area contributed by atoms with Gasteiger partial charge < -0.3 is 10.4 Å². The molecule has 0 saturated heterocycles. The van der Waals surface area contributed by atoms with E-state index in [1.54, 1.807) is 19.1 Å². The molecule has 3 N–H and O–H groups in total. The molecule has 0 aliphatic carbocycles. The minimum Gasteiger partial charge on any atom is -0.396 e. The van der Waals surface area contributed by atoms with Gasteiger partial charge in [-0.1, -0.05) is 23.2 Å². The van der Waals surface area contributed by atoms with E-state index in [0.717, 1.165) is 9.64 Å². The molecule has 0 aliphatic heterocycles. The van der Waals surface area contributed by atoms with Gasteiger partial charge in [0, 0.05) is 10.2 Å². The lowest BCUT2D eigenvalue weighted by Crippen LogP contribution is -2.29. The number of carbonyl (C=O) groups excluding carboxylic acids is 1. The number of hydroxylamine groups is 1. The topological polar surface area (TPSA) is 70.6 Å². The van der Waals surface area contributed by atoms with Crippen LogP contribution in [-0.4, -0.2) is 23.7 Å². The Kier molecular flexibility index (Phi) is 7.90. The third-order valence-corrected chi connectivity index (χ3v) is 4.67. The number of aliphatic hydroxyl groups excluding tert-OH is 1. The normalized spacial score (nSPS) is 11.9. The summed E-state index contributed by atoms with van der Waals surface area (Å²) in [5, 5.41) is 12.0. The van der Waals surface area contributed by atoms with E-state index in [2.05, 4.69) is 33.4 Å². The Morgan fingerprint density at radius 3 is 2.65 bits per heavy atom. The third kappa shape index (κ3) is 5.68. The Morgan fingerprint density at radius 2 is 2.00 bits per heavy atom. The lowest BCUT2D eigenvalue weighted by Gasteiger charge is -2.16. The van der Waals surface area contributed by atoms with E-state index in [0.29, 0.717) is 17.1 Å². The van der Waals surface area contributed by atoms with E-state index in [-0.39, 0.29) is 29.0 Å². The molecule has 9 heteroatoms. The van der Waals surface area contributed by atoms with Gasteiger partial charge in [-0.2, -0.15) is 0 Å². The van der Waals surface area contributed by atoms with Gasteiger partial charge in [-0.05, 0) is 66.3 Å². The van der Waals surface area contributed by atoms with Crippen molar-refractivity contribution in [2.75, 3.05) is 11.9 Å². The molecule has 0 saturated carbocycles. The largest absolute Gasteiger partial charge is 0.396 e. The molecule has 0 heterocycles. The molecule has 140 valence electrons. The zero-order chi connectivity index (χ0) is 19.3. The summed E-state index contributed by atoms with van der Waals surface area (Å²) >= 11 is 14.1. The number of rotatable bonds is 7. The zero-order valence-corrected chi connectivity index (χ0v) is 17.3. The van der Waals surface area contributed by atoms with Crippen LogP contribution in [0.2, 0.25) is 10.0 Å². The predicted octanol–water partition coefficient (Wildman–Crippen LogP) is 4.91. The number of hydrogen-bond acceptors (Lipinski definition) is 4. The van der Waals surface area contributed by atoms with Crippen molar-refractivity contribution in [3.05, 3.63) is 55.3 Å². The van der Waals surface area contributed by atoms with Crippen LogP contribution in [0.1, 0.15) is 23.7 Å². The molecule has 5 nitrogen and oxygen atoms in total. The number of carbonyl (C=O) groups is 1. The quantitative estimate of drug-likeness (QED) is 0.364. The van der Waals surface area contributed by atoms with Crippen LogP contribution in [0.5, 0.6) is 0 Å². The van der Waals surface area contributed by atoms with Crippen LogP contribution in [0.3, 0.4) is 0 Å². The first-order valence-corrected chi connectivity index (χ1v) is 9.43. The molecule has 0 spiro atoms. The number of halogens is 4. The minimum absolute atomic E-state index is 0.0719. The van der Waals surface area contributed by atoms with Crippen LogP contribution in [-0.2, 0) is 4.84 Å². The second-order valence-corrected chi connectivity index (χ2v) is 7.49. The maximum Gasteiger partial charge on any atom is 0.277 e. The molecule has 1 atom stereocenters. The Balaban J connectivity index is 2.28. The van der Waals surface area contributed by atoms with Crippen molar-refractivity contribution in [2.45, 2.75) is 19.4 Å². The monoisotopic (exact) mass is 512 g/mol. The standard InChI is InChI=1S/C17H16Cl2FIN2O3/c1-9(4-5-24)26-23-17(25)11-7-12(18)14(20)8-16(11)22-15-3-2-10(21)6-13(15)19/h2-3,6-9,22,24H,4-5H2,1H3,(H,23,25). The Bertz CT molecular complexity index is 808. The lowest BCUT2D eigenvalue weighted by atomic mass is 10.1. The van der Waals surface area contributed by atoms with Crippen LogP contribution in [0, 0.1) is 9.39 Å². The first kappa shape index (κ1) is 21.2. The Hall–Kier alpha value is -1.13. The third-order valence-electron chi connectivity index (χ3n) is 3.39. The van der Waals surface area contributed by atoms with Crippen molar-refractivity contribution < 1.29 is 19.1 Å². The van der Waals surface area contributed by atoms with Gasteiger partial charge in [-0.3, -0.25) is 9.63 Å². The smallest absolute Gasteiger partial charge is 0.277 e. The predicted molar refractivity (Wildman–Crippen MR) is 109 cm³/mol. The van der Waals surface area contributed by atoms with Gasteiger partial charge in [-0.25, -0.2) is 9.87 Å². The van der Waals surface area contributed by atoms with Crippen molar-refractivity contribution in [2.24, 2.45) is 0 Å². The number of amides is 1. The van der Waals surface area contributed by atoms with Crippen molar-refractivity contribution >= 4 is 63.1 Å². The Labute approximate surface area is 173 Å². The van der Waals surface area contributed by atoms with E-state index < -0.39 is 11.7 Å².